The van der Waals surface area contributed by atoms with Gasteiger partial charge in [0.05, 0.1) is 49.9 Å². The van der Waals surface area contributed by atoms with Crippen LogP contribution in [0.1, 0.15) is 22.7 Å². The molecule has 0 unspecified atom stereocenters. The van der Waals surface area contributed by atoms with Gasteiger partial charge in [0.25, 0.3) is 0 Å². The normalized spacial score (nSPS) is 23.9. The Morgan fingerprint density at radius 3 is 3.00 bits per heavy atom. The largest absolute Gasteiger partial charge is 0.389 e. The Balaban J connectivity index is 1.62. The number of aliphatic hydroxyl groups is 1. The Hall–Kier alpha value is -1.81. The topological polar surface area (TPSA) is 107 Å². The van der Waals surface area contributed by atoms with E-state index >= 15 is 0 Å². The Morgan fingerprint density at radius 1 is 1.46 bits per heavy atom. The van der Waals surface area contributed by atoms with E-state index in [-0.39, 0.29) is 12.1 Å². The Labute approximate surface area is 139 Å². The van der Waals surface area contributed by atoms with E-state index in [0.29, 0.717) is 26.3 Å². The highest BCUT2D eigenvalue weighted by Gasteiger charge is 2.36. The maximum Gasteiger partial charge on any atom is 0.138 e. The number of hydrogen-bond donors (Lipinski definition) is 2. The summed E-state index contributed by atoms with van der Waals surface area (Å²) in [6, 6.07) is -0.200. The first kappa shape index (κ1) is 17.0. The number of nitrogens with one attached hydrogen (secondary N) is 1. The summed E-state index contributed by atoms with van der Waals surface area (Å²) in [5, 5.41) is 25.6. The Kier molecular flexibility index (Phi) is 5.24. The van der Waals surface area contributed by atoms with E-state index in [4.69, 9.17) is 14.0 Å². The molecule has 1 aliphatic rings. The Bertz CT molecular complexity index is 651. The molecule has 1 saturated heterocycles. The third-order valence-corrected chi connectivity index (χ3v) is 4.24. The quantitative estimate of drug-likeness (QED) is 0.724. The van der Waals surface area contributed by atoms with Crippen LogP contribution in [0.3, 0.4) is 0 Å². The number of methoxy groups -OCH3 is 1. The molecule has 24 heavy (non-hydrogen) atoms. The fourth-order valence-electron chi connectivity index (χ4n) is 2.91. The lowest BCUT2D eigenvalue weighted by atomic mass is 10.1. The van der Waals surface area contributed by atoms with Crippen LogP contribution in [0.2, 0.25) is 0 Å². The van der Waals surface area contributed by atoms with Crippen molar-refractivity contribution in [1.29, 1.82) is 0 Å². The Morgan fingerprint density at radius 2 is 2.29 bits per heavy atom. The average molecular weight is 337 g/mol. The van der Waals surface area contributed by atoms with E-state index in [2.05, 4.69) is 20.8 Å². The second-order valence-corrected chi connectivity index (χ2v) is 6.01. The fraction of sp³-hybridized carbons (Fsp3) is 0.667. The standard InChI is InChI=1S/C15H23N5O4/c1-9-12(10(2)24-18-9)4-16-15-13(21)8-23-14(15)6-20-5-11(7-22-3)17-19-20/h5,13-16,21H,4,6-8H2,1-3H3/t13-,14+,15+/m0/s1. The third kappa shape index (κ3) is 3.64. The molecule has 3 heterocycles. The molecule has 0 spiro atoms. The van der Waals surface area contributed by atoms with Gasteiger partial charge in [0.1, 0.15) is 11.5 Å². The highest BCUT2D eigenvalue weighted by molar-refractivity contribution is 5.20. The van der Waals surface area contributed by atoms with E-state index in [1.807, 2.05) is 20.0 Å². The molecule has 0 bridgehead atoms. The number of rotatable bonds is 7. The third-order valence-electron chi connectivity index (χ3n) is 4.24. The zero-order valence-corrected chi connectivity index (χ0v) is 14.1. The molecule has 9 heteroatoms. The number of aliphatic hydroxyl groups excluding tert-OH is 1. The van der Waals surface area contributed by atoms with Crippen molar-refractivity contribution in [1.82, 2.24) is 25.5 Å². The average Bonchev–Trinajstić information content (AvgIpc) is 3.22. The highest BCUT2D eigenvalue weighted by atomic mass is 16.5. The zero-order valence-electron chi connectivity index (χ0n) is 14.1. The molecule has 0 amide bonds. The lowest BCUT2D eigenvalue weighted by Crippen LogP contribution is -2.45. The summed E-state index contributed by atoms with van der Waals surface area (Å²) in [4.78, 5) is 0. The van der Waals surface area contributed by atoms with Crippen LogP contribution in [-0.4, -0.2) is 57.2 Å². The molecule has 1 fully saturated rings. The van der Waals surface area contributed by atoms with Crippen LogP contribution in [0.25, 0.3) is 0 Å². The van der Waals surface area contributed by atoms with Gasteiger partial charge in [-0.05, 0) is 13.8 Å². The SMILES string of the molecule is COCc1cn(C[C@H]2OC[C@H](O)[C@H]2NCc2c(C)noc2C)nn1. The molecule has 2 aromatic heterocycles. The predicted octanol–water partition coefficient (Wildman–Crippen LogP) is -0.0526. The minimum atomic E-state index is -0.572. The minimum Gasteiger partial charge on any atom is -0.389 e. The van der Waals surface area contributed by atoms with Crippen LogP contribution < -0.4 is 5.32 Å². The predicted molar refractivity (Wildman–Crippen MR) is 83.1 cm³/mol. The second kappa shape index (κ2) is 7.39. The van der Waals surface area contributed by atoms with Crippen LogP contribution in [0, 0.1) is 13.8 Å². The summed E-state index contributed by atoms with van der Waals surface area (Å²) < 4.78 is 17.6. The first-order valence-corrected chi connectivity index (χ1v) is 7.91. The molecule has 2 aromatic rings. The molecule has 2 N–H and O–H groups in total. The van der Waals surface area contributed by atoms with Crippen molar-refractivity contribution in [3.8, 4) is 0 Å². The van der Waals surface area contributed by atoms with E-state index < -0.39 is 6.10 Å². The van der Waals surface area contributed by atoms with Gasteiger partial charge in [-0.15, -0.1) is 5.10 Å². The summed E-state index contributed by atoms with van der Waals surface area (Å²) in [6.45, 7) is 5.57. The lowest BCUT2D eigenvalue weighted by molar-refractivity contribution is 0.0741. The van der Waals surface area contributed by atoms with Crippen LogP contribution in [0.5, 0.6) is 0 Å². The molecule has 3 rings (SSSR count). The van der Waals surface area contributed by atoms with Gasteiger partial charge in [-0.25, -0.2) is 4.68 Å². The number of aromatic nitrogens is 4. The van der Waals surface area contributed by atoms with Crippen molar-refractivity contribution < 1.29 is 19.1 Å². The summed E-state index contributed by atoms with van der Waals surface area (Å²) in [5.74, 6) is 0.783. The molecular formula is C15H23N5O4. The van der Waals surface area contributed by atoms with E-state index in [1.165, 1.54) is 0 Å². The van der Waals surface area contributed by atoms with Crippen LogP contribution in [0.4, 0.5) is 0 Å². The summed E-state index contributed by atoms with van der Waals surface area (Å²) in [5.41, 5.74) is 2.62. The summed E-state index contributed by atoms with van der Waals surface area (Å²) in [7, 11) is 1.62. The summed E-state index contributed by atoms with van der Waals surface area (Å²) >= 11 is 0. The molecule has 1 aliphatic heterocycles. The molecule has 0 saturated carbocycles. The molecule has 3 atom stereocenters. The van der Waals surface area contributed by atoms with Crippen LogP contribution in [-0.2, 0) is 29.2 Å². The monoisotopic (exact) mass is 337 g/mol. The zero-order chi connectivity index (χ0) is 17.1. The van der Waals surface area contributed by atoms with E-state index in [1.54, 1.807) is 11.8 Å². The first-order valence-electron chi connectivity index (χ1n) is 7.91. The van der Waals surface area contributed by atoms with Gasteiger partial charge in [-0.2, -0.15) is 0 Å². The number of aryl methyl sites for hydroxylation is 2. The molecule has 0 aliphatic carbocycles. The maximum atomic E-state index is 10.2. The van der Waals surface area contributed by atoms with Crippen LogP contribution >= 0.6 is 0 Å². The lowest BCUT2D eigenvalue weighted by Gasteiger charge is -2.21. The van der Waals surface area contributed by atoms with Crippen LogP contribution in [0.15, 0.2) is 10.7 Å². The van der Waals surface area contributed by atoms with E-state index in [9.17, 15) is 5.11 Å². The smallest absolute Gasteiger partial charge is 0.138 e. The van der Waals surface area contributed by atoms with Gasteiger partial charge in [0.2, 0.25) is 0 Å². The maximum absolute atomic E-state index is 10.2. The molecule has 9 nitrogen and oxygen atoms in total. The van der Waals surface area contributed by atoms with Crippen molar-refractivity contribution in [2.24, 2.45) is 0 Å². The fourth-order valence-corrected chi connectivity index (χ4v) is 2.91. The van der Waals surface area contributed by atoms with Gasteiger partial charge >= 0.3 is 0 Å². The molecule has 0 radical (unpaired) electrons. The minimum absolute atomic E-state index is 0.197. The van der Waals surface area contributed by atoms with Gasteiger partial charge in [0, 0.05) is 19.2 Å². The van der Waals surface area contributed by atoms with Crippen molar-refractivity contribution >= 4 is 0 Å². The number of ether oxygens (including phenoxy) is 2. The van der Waals surface area contributed by atoms with Gasteiger partial charge in [0.15, 0.2) is 0 Å². The van der Waals surface area contributed by atoms with E-state index in [0.717, 1.165) is 22.7 Å². The highest BCUT2D eigenvalue weighted by Crippen LogP contribution is 2.18. The van der Waals surface area contributed by atoms with Crippen molar-refractivity contribution in [2.75, 3.05) is 13.7 Å². The summed E-state index contributed by atoms with van der Waals surface area (Å²) in [6.07, 6.45) is 1.05. The van der Waals surface area contributed by atoms with Gasteiger partial charge < -0.3 is 24.4 Å². The van der Waals surface area contributed by atoms with Gasteiger partial charge in [-0.1, -0.05) is 10.4 Å². The van der Waals surface area contributed by atoms with Crippen molar-refractivity contribution in [3.05, 3.63) is 28.9 Å². The molecule has 0 aromatic carbocycles. The van der Waals surface area contributed by atoms with Crippen molar-refractivity contribution in [3.63, 3.8) is 0 Å². The second-order valence-electron chi connectivity index (χ2n) is 6.01. The number of hydrogen-bond acceptors (Lipinski definition) is 8. The molecular weight excluding hydrogens is 314 g/mol. The molecule has 132 valence electrons. The van der Waals surface area contributed by atoms with Crippen molar-refractivity contribution in [2.45, 2.75) is 51.8 Å². The van der Waals surface area contributed by atoms with Gasteiger partial charge in [-0.3, -0.25) is 0 Å². The number of nitrogens with zero attached hydrogens (tertiary/aromatic N) is 4. The first-order chi connectivity index (χ1) is 11.6.